The number of aromatic amines is 1. The Balaban J connectivity index is 1.92. The molecule has 1 aliphatic heterocycles. The molecule has 1 aromatic heterocycles. The lowest BCUT2D eigenvalue weighted by molar-refractivity contribution is -0.116. The molecule has 0 fully saturated rings. The summed E-state index contributed by atoms with van der Waals surface area (Å²) in [6.45, 7) is 4.12. The number of hydrogen-bond acceptors (Lipinski definition) is 5. The van der Waals surface area contributed by atoms with Crippen LogP contribution in [0.2, 0.25) is 0 Å². The molecular formula is C20H21N3O2S. The molecule has 1 aromatic carbocycles. The summed E-state index contributed by atoms with van der Waals surface area (Å²) >= 11 is 1.52. The Morgan fingerprint density at radius 3 is 2.65 bits per heavy atom. The Bertz CT molecular complexity index is 947. The van der Waals surface area contributed by atoms with E-state index in [0.717, 1.165) is 29.7 Å². The first-order valence-electron chi connectivity index (χ1n) is 8.93. The van der Waals surface area contributed by atoms with Crippen molar-refractivity contribution in [3.05, 3.63) is 63.1 Å². The molecule has 26 heavy (non-hydrogen) atoms. The first-order valence-corrected chi connectivity index (χ1v) is 9.81. The van der Waals surface area contributed by atoms with E-state index in [1.54, 1.807) is 0 Å². The highest BCUT2D eigenvalue weighted by Crippen LogP contribution is 2.43. The van der Waals surface area contributed by atoms with Crippen LogP contribution in [0.15, 0.2) is 51.6 Å². The zero-order valence-corrected chi connectivity index (χ0v) is 15.7. The molecule has 2 heterocycles. The molecule has 0 bridgehead atoms. The molecule has 0 unspecified atom stereocenters. The first kappa shape index (κ1) is 17.1. The number of thioether (sulfide) groups is 1. The summed E-state index contributed by atoms with van der Waals surface area (Å²) in [5.74, 6) is 0.349. The lowest BCUT2D eigenvalue weighted by atomic mass is 9.76. The van der Waals surface area contributed by atoms with Crippen LogP contribution < -0.4 is 10.9 Å². The molecule has 2 N–H and O–H groups in total. The zero-order chi connectivity index (χ0) is 18.3. The summed E-state index contributed by atoms with van der Waals surface area (Å²) in [5.41, 5.74) is 2.96. The third kappa shape index (κ3) is 2.98. The molecule has 1 aliphatic carbocycles. The van der Waals surface area contributed by atoms with Crippen LogP contribution in [0.4, 0.5) is 5.82 Å². The fourth-order valence-electron chi connectivity index (χ4n) is 3.70. The number of allylic oxidation sites excluding steroid dienone is 2. The Morgan fingerprint density at radius 1 is 1.15 bits per heavy atom. The quantitative estimate of drug-likeness (QED) is 0.637. The fourth-order valence-corrected chi connectivity index (χ4v) is 4.44. The summed E-state index contributed by atoms with van der Waals surface area (Å²) in [4.78, 5) is 33.2. The van der Waals surface area contributed by atoms with Crippen molar-refractivity contribution in [3.8, 4) is 0 Å². The van der Waals surface area contributed by atoms with Gasteiger partial charge in [-0.25, -0.2) is 4.98 Å². The van der Waals surface area contributed by atoms with Crippen LogP contribution in [0.1, 0.15) is 50.2 Å². The van der Waals surface area contributed by atoms with Gasteiger partial charge in [-0.15, -0.1) is 0 Å². The van der Waals surface area contributed by atoms with Gasteiger partial charge in [0.1, 0.15) is 5.82 Å². The molecule has 0 saturated carbocycles. The highest BCUT2D eigenvalue weighted by atomic mass is 32.2. The number of ketones is 1. The van der Waals surface area contributed by atoms with Crippen LogP contribution in [-0.4, -0.2) is 21.0 Å². The number of benzene rings is 1. The largest absolute Gasteiger partial charge is 0.343 e. The topological polar surface area (TPSA) is 74.8 Å². The second-order valence-electron chi connectivity index (χ2n) is 6.94. The Morgan fingerprint density at radius 2 is 1.92 bits per heavy atom. The van der Waals surface area contributed by atoms with Crippen molar-refractivity contribution in [2.75, 3.05) is 5.32 Å². The smallest absolute Gasteiger partial charge is 0.257 e. The normalized spacial score (nSPS) is 19.2. The van der Waals surface area contributed by atoms with Crippen molar-refractivity contribution in [3.63, 3.8) is 0 Å². The number of carbonyl (C=O) groups is 1. The fraction of sp³-hybridized carbons (Fsp3) is 0.350. The maximum absolute atomic E-state index is 12.9. The minimum atomic E-state index is -0.357. The third-order valence-corrected chi connectivity index (χ3v) is 5.60. The minimum absolute atomic E-state index is 0.123. The van der Waals surface area contributed by atoms with Crippen molar-refractivity contribution in [1.29, 1.82) is 0 Å². The number of hydrogen-bond donors (Lipinski definition) is 2. The van der Waals surface area contributed by atoms with Gasteiger partial charge in [0.15, 0.2) is 10.9 Å². The van der Waals surface area contributed by atoms with Crippen LogP contribution in [0.25, 0.3) is 0 Å². The summed E-state index contributed by atoms with van der Waals surface area (Å²) < 4.78 is 0. The molecule has 6 heteroatoms. The lowest BCUT2D eigenvalue weighted by Gasteiger charge is -2.32. The van der Waals surface area contributed by atoms with Gasteiger partial charge in [0, 0.05) is 28.9 Å². The zero-order valence-electron chi connectivity index (χ0n) is 14.8. The molecule has 4 rings (SSSR count). The highest BCUT2D eigenvalue weighted by molar-refractivity contribution is 7.99. The van der Waals surface area contributed by atoms with Crippen LogP contribution in [0, 0.1) is 0 Å². The second kappa shape index (κ2) is 6.76. The number of nitrogens with zero attached hydrogens (tertiary/aromatic N) is 1. The van der Waals surface area contributed by atoms with E-state index in [1.165, 1.54) is 11.8 Å². The summed E-state index contributed by atoms with van der Waals surface area (Å²) in [6, 6.07) is 9.77. The number of carbonyl (C=O) groups excluding carboxylic acids is 1. The number of aromatic nitrogens is 2. The van der Waals surface area contributed by atoms with Gasteiger partial charge in [-0.1, -0.05) is 55.9 Å². The SMILES string of the molecule is CC(C)Sc1nc2c(c(=O)[nH]1)[C@H](c1ccccc1)C1=C(CCCC1=O)N2. The van der Waals surface area contributed by atoms with Gasteiger partial charge >= 0.3 is 0 Å². The Hall–Kier alpha value is -2.34. The number of fused-ring (bicyclic) bond motifs is 1. The van der Waals surface area contributed by atoms with Gasteiger partial charge in [-0.05, 0) is 18.4 Å². The molecule has 0 radical (unpaired) electrons. The van der Waals surface area contributed by atoms with Gasteiger partial charge in [-0.3, -0.25) is 9.59 Å². The van der Waals surface area contributed by atoms with Crippen molar-refractivity contribution in [2.24, 2.45) is 0 Å². The molecule has 2 aliphatic rings. The summed E-state index contributed by atoms with van der Waals surface area (Å²) in [5, 5.41) is 4.22. The monoisotopic (exact) mass is 367 g/mol. The second-order valence-corrected chi connectivity index (χ2v) is 8.50. The summed E-state index contributed by atoms with van der Waals surface area (Å²) in [7, 11) is 0. The van der Waals surface area contributed by atoms with E-state index in [2.05, 4.69) is 29.1 Å². The number of rotatable bonds is 3. The lowest BCUT2D eigenvalue weighted by Crippen LogP contribution is -2.32. The van der Waals surface area contributed by atoms with E-state index >= 15 is 0 Å². The average molecular weight is 367 g/mol. The predicted octanol–water partition coefficient (Wildman–Crippen LogP) is 3.83. The predicted molar refractivity (Wildman–Crippen MR) is 104 cm³/mol. The van der Waals surface area contributed by atoms with E-state index < -0.39 is 0 Å². The third-order valence-electron chi connectivity index (χ3n) is 4.72. The number of anilines is 1. The minimum Gasteiger partial charge on any atom is -0.343 e. The van der Waals surface area contributed by atoms with E-state index in [-0.39, 0.29) is 17.3 Å². The number of Topliss-reactive ketones (excluding diaryl/α,β-unsaturated/α-hetero) is 1. The van der Waals surface area contributed by atoms with Crippen molar-refractivity contribution in [2.45, 2.75) is 49.4 Å². The van der Waals surface area contributed by atoms with E-state index in [9.17, 15) is 9.59 Å². The van der Waals surface area contributed by atoms with Crippen LogP contribution >= 0.6 is 11.8 Å². The van der Waals surface area contributed by atoms with Crippen LogP contribution in [0.3, 0.4) is 0 Å². The highest BCUT2D eigenvalue weighted by Gasteiger charge is 2.37. The molecule has 0 spiro atoms. The van der Waals surface area contributed by atoms with Gasteiger partial charge < -0.3 is 10.3 Å². The average Bonchev–Trinajstić information content (AvgIpc) is 2.60. The molecule has 1 atom stereocenters. The van der Waals surface area contributed by atoms with Crippen molar-refractivity contribution in [1.82, 2.24) is 9.97 Å². The van der Waals surface area contributed by atoms with Crippen LogP contribution in [0.5, 0.6) is 0 Å². The maximum atomic E-state index is 12.9. The molecule has 5 nitrogen and oxygen atoms in total. The standard InChI is InChI=1S/C20H21N3O2S/c1-11(2)26-20-22-18-17(19(25)23-20)15(12-7-4-3-5-8-12)16-13(21-18)9-6-10-14(16)24/h3-5,7-8,11,15H,6,9-10H2,1-2H3,(H2,21,22,23,25)/t15-/m1/s1. The van der Waals surface area contributed by atoms with Gasteiger partial charge in [0.25, 0.3) is 5.56 Å². The summed E-state index contributed by atoms with van der Waals surface area (Å²) in [6.07, 6.45) is 2.18. The van der Waals surface area contributed by atoms with Crippen molar-refractivity contribution >= 4 is 23.4 Å². The van der Waals surface area contributed by atoms with Crippen molar-refractivity contribution < 1.29 is 4.79 Å². The Kier molecular flexibility index (Phi) is 4.44. The molecule has 0 saturated heterocycles. The molecule has 0 amide bonds. The number of H-pyrrole nitrogens is 1. The molecule has 134 valence electrons. The van der Waals surface area contributed by atoms with Gasteiger partial charge in [0.05, 0.1) is 5.56 Å². The molecule has 2 aromatic rings. The van der Waals surface area contributed by atoms with E-state index in [0.29, 0.717) is 28.2 Å². The number of nitrogens with one attached hydrogen (secondary N) is 2. The maximum Gasteiger partial charge on any atom is 0.257 e. The first-order chi connectivity index (χ1) is 12.5. The van der Waals surface area contributed by atoms with E-state index in [1.807, 2.05) is 30.3 Å². The van der Waals surface area contributed by atoms with Gasteiger partial charge in [0.2, 0.25) is 0 Å². The van der Waals surface area contributed by atoms with Crippen LogP contribution in [-0.2, 0) is 4.79 Å². The van der Waals surface area contributed by atoms with Gasteiger partial charge in [-0.2, -0.15) is 0 Å². The Labute approximate surface area is 156 Å². The molecular weight excluding hydrogens is 346 g/mol. The van der Waals surface area contributed by atoms with E-state index in [4.69, 9.17) is 0 Å².